The number of methoxy groups -OCH3 is 3. The molecule has 1 heterocycles. The highest BCUT2D eigenvalue weighted by Crippen LogP contribution is 2.40. The predicted octanol–water partition coefficient (Wildman–Crippen LogP) is 3.24. The zero-order valence-corrected chi connectivity index (χ0v) is 20.5. The van der Waals surface area contributed by atoms with Gasteiger partial charge in [-0.25, -0.2) is 0 Å². The lowest BCUT2D eigenvalue weighted by atomic mass is 10.1. The van der Waals surface area contributed by atoms with Gasteiger partial charge in [-0.1, -0.05) is 6.07 Å². The lowest BCUT2D eigenvalue weighted by Crippen LogP contribution is -2.37. The highest BCUT2D eigenvalue weighted by Gasteiger charge is 2.34. The molecule has 0 aliphatic carbocycles. The number of nitrogens with zero attached hydrogens (tertiary/aromatic N) is 2. The molecule has 0 spiro atoms. The van der Waals surface area contributed by atoms with Gasteiger partial charge < -0.3 is 24.4 Å². The van der Waals surface area contributed by atoms with Gasteiger partial charge in [0, 0.05) is 38.4 Å². The van der Waals surface area contributed by atoms with Gasteiger partial charge in [-0.3, -0.25) is 19.3 Å². The van der Waals surface area contributed by atoms with E-state index in [1.807, 2.05) is 25.1 Å². The normalized spacial score (nSPS) is 14.4. The molecular formula is C24H27N3O6S. The summed E-state index contributed by atoms with van der Waals surface area (Å²) in [5, 5.41) is 2.37. The van der Waals surface area contributed by atoms with Crippen LogP contribution in [0.15, 0.2) is 41.3 Å². The number of ether oxygens (including phenoxy) is 3. The number of amides is 3. The van der Waals surface area contributed by atoms with Crippen LogP contribution in [0.3, 0.4) is 0 Å². The summed E-state index contributed by atoms with van der Waals surface area (Å²) in [6.07, 6.45) is 1.60. The largest absolute Gasteiger partial charge is 0.493 e. The second-order valence-corrected chi connectivity index (χ2v) is 8.49. The van der Waals surface area contributed by atoms with Gasteiger partial charge in [0.25, 0.3) is 17.1 Å². The smallest absolute Gasteiger partial charge is 0.293 e. The standard InChI is InChI=1S/C24H27N3O6S/c1-26(2)17-8-6-7-16(14-17)22(28)25-9-10-27-23(29)20(34-24(27)30)13-15-11-18(31-3)21(33-5)19(12-15)32-4/h6-8,11-14H,9-10H2,1-5H3,(H,25,28)/b20-13+. The predicted molar refractivity (Wildman–Crippen MR) is 132 cm³/mol. The molecule has 1 N–H and O–H groups in total. The van der Waals surface area contributed by atoms with Crippen LogP contribution in [-0.4, -0.2) is 70.5 Å². The number of hydrogen-bond acceptors (Lipinski definition) is 8. The molecule has 3 amide bonds. The van der Waals surface area contributed by atoms with Gasteiger partial charge in [-0.05, 0) is 53.7 Å². The lowest BCUT2D eigenvalue weighted by Gasteiger charge is -2.15. The molecular weight excluding hydrogens is 458 g/mol. The number of nitrogens with one attached hydrogen (secondary N) is 1. The van der Waals surface area contributed by atoms with E-state index < -0.39 is 11.1 Å². The molecule has 1 fully saturated rings. The van der Waals surface area contributed by atoms with E-state index in [1.165, 1.54) is 21.3 Å². The molecule has 1 aliphatic rings. The van der Waals surface area contributed by atoms with Crippen LogP contribution in [0.2, 0.25) is 0 Å². The van der Waals surface area contributed by atoms with E-state index in [9.17, 15) is 14.4 Å². The molecule has 0 atom stereocenters. The van der Waals surface area contributed by atoms with Crippen LogP contribution in [0.4, 0.5) is 10.5 Å². The molecule has 0 aromatic heterocycles. The maximum atomic E-state index is 12.8. The zero-order chi connectivity index (χ0) is 24.8. The van der Waals surface area contributed by atoms with Crippen LogP contribution in [0, 0.1) is 0 Å². The van der Waals surface area contributed by atoms with Crippen molar-refractivity contribution in [2.45, 2.75) is 0 Å². The summed E-state index contributed by atoms with van der Waals surface area (Å²) in [6.45, 7) is 0.205. The Labute approximate surface area is 202 Å². The van der Waals surface area contributed by atoms with Crippen molar-refractivity contribution in [3.8, 4) is 17.2 Å². The second kappa shape index (κ2) is 11.0. The molecule has 2 aromatic carbocycles. The molecule has 9 nitrogen and oxygen atoms in total. The number of rotatable bonds is 9. The van der Waals surface area contributed by atoms with Crippen LogP contribution >= 0.6 is 11.8 Å². The molecule has 1 saturated heterocycles. The lowest BCUT2D eigenvalue weighted by molar-refractivity contribution is -0.122. The SMILES string of the molecule is COc1cc(/C=C2/SC(=O)N(CCNC(=O)c3cccc(N(C)C)c3)C2=O)cc(OC)c1OC. The fourth-order valence-corrected chi connectivity index (χ4v) is 4.20. The second-order valence-electron chi connectivity index (χ2n) is 7.49. The van der Waals surface area contributed by atoms with Gasteiger partial charge in [0.05, 0.1) is 26.2 Å². The summed E-state index contributed by atoms with van der Waals surface area (Å²) in [6, 6.07) is 10.6. The van der Waals surface area contributed by atoms with Crippen LogP contribution in [-0.2, 0) is 4.79 Å². The van der Waals surface area contributed by atoms with Gasteiger partial charge in [0.2, 0.25) is 5.75 Å². The van der Waals surface area contributed by atoms with Gasteiger partial charge in [0.1, 0.15) is 0 Å². The summed E-state index contributed by atoms with van der Waals surface area (Å²) in [5.41, 5.74) is 2.02. The average Bonchev–Trinajstić information content (AvgIpc) is 3.10. The molecule has 0 unspecified atom stereocenters. The number of carbonyl (C=O) groups excluding carboxylic acids is 3. The number of thioether (sulfide) groups is 1. The Bertz CT molecular complexity index is 1110. The van der Waals surface area contributed by atoms with Crippen molar-refractivity contribution in [3.05, 3.63) is 52.4 Å². The summed E-state index contributed by atoms with van der Waals surface area (Å²) in [5.74, 6) is 0.611. The molecule has 3 rings (SSSR count). The van der Waals surface area contributed by atoms with Crippen LogP contribution < -0.4 is 24.4 Å². The Morgan fingerprint density at radius 1 is 1.06 bits per heavy atom. The molecule has 2 aromatic rings. The van der Waals surface area contributed by atoms with Crippen molar-refractivity contribution < 1.29 is 28.6 Å². The van der Waals surface area contributed by atoms with Crippen molar-refractivity contribution in [2.24, 2.45) is 0 Å². The fourth-order valence-electron chi connectivity index (χ4n) is 3.34. The molecule has 10 heteroatoms. The molecule has 34 heavy (non-hydrogen) atoms. The molecule has 0 saturated carbocycles. The van der Waals surface area contributed by atoms with Crippen LogP contribution in [0.5, 0.6) is 17.2 Å². The van der Waals surface area contributed by atoms with E-state index in [0.29, 0.717) is 28.4 Å². The first-order valence-electron chi connectivity index (χ1n) is 10.4. The maximum Gasteiger partial charge on any atom is 0.293 e. The number of anilines is 1. The van der Waals surface area contributed by atoms with Gasteiger partial charge >= 0.3 is 0 Å². The fraction of sp³-hybridized carbons (Fsp3) is 0.292. The number of benzene rings is 2. The third-order valence-electron chi connectivity index (χ3n) is 5.10. The Morgan fingerprint density at radius 2 is 1.74 bits per heavy atom. The minimum atomic E-state index is -0.424. The molecule has 1 aliphatic heterocycles. The monoisotopic (exact) mass is 485 g/mol. The minimum Gasteiger partial charge on any atom is -0.493 e. The first-order chi connectivity index (χ1) is 16.3. The number of hydrogen-bond donors (Lipinski definition) is 1. The maximum absolute atomic E-state index is 12.8. The van der Waals surface area contributed by atoms with Crippen molar-refractivity contribution in [2.75, 3.05) is 53.4 Å². The highest BCUT2D eigenvalue weighted by atomic mass is 32.2. The van der Waals surface area contributed by atoms with Crippen molar-refractivity contribution in [3.63, 3.8) is 0 Å². The summed E-state index contributed by atoms with van der Waals surface area (Å²) in [7, 11) is 8.29. The number of imide groups is 1. The zero-order valence-electron chi connectivity index (χ0n) is 19.7. The highest BCUT2D eigenvalue weighted by molar-refractivity contribution is 8.18. The van der Waals surface area contributed by atoms with Crippen molar-refractivity contribution in [1.29, 1.82) is 0 Å². The topological polar surface area (TPSA) is 97.4 Å². The van der Waals surface area contributed by atoms with E-state index in [-0.39, 0.29) is 23.9 Å². The first-order valence-corrected chi connectivity index (χ1v) is 11.2. The number of carbonyl (C=O) groups is 3. The van der Waals surface area contributed by atoms with Crippen LogP contribution in [0.1, 0.15) is 15.9 Å². The minimum absolute atomic E-state index is 0.0658. The van der Waals surface area contributed by atoms with E-state index in [4.69, 9.17) is 14.2 Å². The van der Waals surface area contributed by atoms with E-state index in [1.54, 1.807) is 36.4 Å². The Hall–Kier alpha value is -3.66. The molecule has 180 valence electrons. The Balaban J connectivity index is 1.68. The van der Waals surface area contributed by atoms with E-state index >= 15 is 0 Å². The summed E-state index contributed by atoms with van der Waals surface area (Å²) < 4.78 is 16.0. The molecule has 0 bridgehead atoms. The third kappa shape index (κ3) is 5.45. The van der Waals surface area contributed by atoms with Gasteiger partial charge in [-0.2, -0.15) is 0 Å². The molecule has 0 radical (unpaired) electrons. The van der Waals surface area contributed by atoms with Crippen molar-refractivity contribution >= 4 is 40.6 Å². The van der Waals surface area contributed by atoms with Crippen LogP contribution in [0.25, 0.3) is 6.08 Å². The summed E-state index contributed by atoms with van der Waals surface area (Å²) in [4.78, 5) is 41.0. The van der Waals surface area contributed by atoms with Gasteiger partial charge in [0.15, 0.2) is 11.5 Å². The Kier molecular flexibility index (Phi) is 8.06. The van der Waals surface area contributed by atoms with Gasteiger partial charge in [-0.15, -0.1) is 0 Å². The van der Waals surface area contributed by atoms with E-state index in [0.717, 1.165) is 22.3 Å². The first kappa shape index (κ1) is 25.0. The van der Waals surface area contributed by atoms with E-state index in [2.05, 4.69) is 5.32 Å². The quantitative estimate of drug-likeness (QED) is 0.541. The third-order valence-corrected chi connectivity index (χ3v) is 6.01. The summed E-state index contributed by atoms with van der Waals surface area (Å²) >= 11 is 0.841. The average molecular weight is 486 g/mol. The Morgan fingerprint density at radius 3 is 2.32 bits per heavy atom. The van der Waals surface area contributed by atoms with Crippen molar-refractivity contribution in [1.82, 2.24) is 10.2 Å².